The molecule has 3 nitrogen and oxygen atoms in total. The number of nitrogens with zero attached hydrogens (tertiary/aromatic N) is 1. The van der Waals surface area contributed by atoms with Gasteiger partial charge in [-0.25, -0.2) is 0 Å². The third kappa shape index (κ3) is 3.56. The summed E-state index contributed by atoms with van der Waals surface area (Å²) in [5, 5.41) is 0.957. The van der Waals surface area contributed by atoms with E-state index in [4.69, 9.17) is 6.42 Å². The second-order valence-corrected chi connectivity index (χ2v) is 6.01. The van der Waals surface area contributed by atoms with Gasteiger partial charge in [0.2, 0.25) is 0 Å². The van der Waals surface area contributed by atoms with Crippen molar-refractivity contribution in [1.82, 2.24) is 9.88 Å². The summed E-state index contributed by atoms with van der Waals surface area (Å²) < 4.78 is 0. The van der Waals surface area contributed by atoms with Crippen LogP contribution in [0, 0.1) is 19.3 Å². The third-order valence-electron chi connectivity index (χ3n) is 4.10. The highest BCUT2D eigenvalue weighted by atomic mass is 16.1. The Morgan fingerprint density at radius 2 is 1.92 bits per heavy atom. The molecule has 0 fully saturated rings. The fourth-order valence-electron chi connectivity index (χ4n) is 2.84. The number of hydrogen-bond acceptors (Lipinski definition) is 2. The van der Waals surface area contributed by atoms with Crippen LogP contribution in [0.3, 0.4) is 0 Å². The maximum atomic E-state index is 12.7. The summed E-state index contributed by atoms with van der Waals surface area (Å²) in [5.41, 5.74) is 4.07. The van der Waals surface area contributed by atoms with E-state index in [0.29, 0.717) is 19.6 Å². The molecule has 0 aliphatic heterocycles. The predicted octanol–water partition coefficient (Wildman–Crippen LogP) is 3.79. The van der Waals surface area contributed by atoms with E-state index in [2.05, 4.69) is 42.1 Å². The minimum Gasteiger partial charge on any atom is -0.360 e. The van der Waals surface area contributed by atoms with Gasteiger partial charge in [-0.2, -0.15) is 0 Å². The Bertz CT molecular complexity index is 884. The Kier molecular flexibility index (Phi) is 4.79. The van der Waals surface area contributed by atoms with Crippen molar-refractivity contribution in [3.05, 3.63) is 71.4 Å². The van der Waals surface area contributed by atoms with Crippen molar-refractivity contribution in [3.8, 4) is 12.3 Å². The van der Waals surface area contributed by atoms with E-state index < -0.39 is 0 Å². The number of para-hydroxylation sites is 1. The normalized spacial score (nSPS) is 10.9. The van der Waals surface area contributed by atoms with Crippen LogP contribution in [0.4, 0.5) is 0 Å². The fraction of sp³-hybridized carbons (Fsp3) is 0.190. The quantitative estimate of drug-likeness (QED) is 0.555. The molecule has 0 saturated carbocycles. The van der Waals surface area contributed by atoms with Crippen LogP contribution in [0.25, 0.3) is 10.9 Å². The van der Waals surface area contributed by atoms with Gasteiger partial charge in [-0.1, -0.05) is 53.9 Å². The van der Waals surface area contributed by atoms with E-state index in [1.54, 1.807) is 6.20 Å². The van der Waals surface area contributed by atoms with E-state index in [-0.39, 0.29) is 5.78 Å². The number of carbonyl (C=O) groups excluding carboxylic acids is 1. The van der Waals surface area contributed by atoms with Crippen molar-refractivity contribution in [3.63, 3.8) is 0 Å². The SMILES string of the molecule is C#CCN(CC(=O)c1c[nH]c2ccccc12)Cc1ccc(C)cc1. The molecule has 0 bridgehead atoms. The molecule has 0 amide bonds. The Balaban J connectivity index is 1.76. The molecule has 1 N–H and O–H groups in total. The Morgan fingerprint density at radius 3 is 2.67 bits per heavy atom. The predicted molar refractivity (Wildman–Crippen MR) is 97.9 cm³/mol. The largest absolute Gasteiger partial charge is 0.360 e. The number of carbonyl (C=O) groups is 1. The van der Waals surface area contributed by atoms with Gasteiger partial charge in [-0.05, 0) is 18.6 Å². The molecule has 0 atom stereocenters. The Morgan fingerprint density at radius 1 is 1.17 bits per heavy atom. The lowest BCUT2D eigenvalue weighted by Crippen LogP contribution is -2.30. The van der Waals surface area contributed by atoms with Crippen LogP contribution in [0.5, 0.6) is 0 Å². The summed E-state index contributed by atoms with van der Waals surface area (Å²) >= 11 is 0. The summed E-state index contributed by atoms with van der Waals surface area (Å²) in [4.78, 5) is 17.9. The molecule has 1 heterocycles. The van der Waals surface area contributed by atoms with Crippen molar-refractivity contribution in [1.29, 1.82) is 0 Å². The molecule has 0 unspecified atom stereocenters. The first-order chi connectivity index (χ1) is 11.7. The highest BCUT2D eigenvalue weighted by Gasteiger charge is 2.15. The number of fused-ring (bicyclic) bond motifs is 1. The maximum absolute atomic E-state index is 12.7. The van der Waals surface area contributed by atoms with Gasteiger partial charge in [0.05, 0.1) is 13.1 Å². The smallest absolute Gasteiger partial charge is 0.179 e. The minimum atomic E-state index is 0.0785. The molecule has 0 saturated heterocycles. The number of ketones is 1. The summed E-state index contributed by atoms with van der Waals surface area (Å²) in [6.45, 7) is 3.48. The number of terminal acetylenes is 1. The van der Waals surface area contributed by atoms with Gasteiger partial charge in [0.15, 0.2) is 5.78 Å². The lowest BCUT2D eigenvalue weighted by Gasteiger charge is -2.19. The second-order valence-electron chi connectivity index (χ2n) is 6.01. The maximum Gasteiger partial charge on any atom is 0.179 e. The Hall–Kier alpha value is -2.83. The van der Waals surface area contributed by atoms with Gasteiger partial charge in [0, 0.05) is 29.2 Å². The van der Waals surface area contributed by atoms with E-state index in [1.165, 1.54) is 5.56 Å². The van der Waals surface area contributed by atoms with Crippen molar-refractivity contribution >= 4 is 16.7 Å². The van der Waals surface area contributed by atoms with Gasteiger partial charge in [0.1, 0.15) is 0 Å². The molecule has 0 aliphatic carbocycles. The van der Waals surface area contributed by atoms with E-state index in [9.17, 15) is 4.79 Å². The number of aryl methyl sites for hydroxylation is 1. The van der Waals surface area contributed by atoms with Crippen LogP contribution in [0.2, 0.25) is 0 Å². The Labute approximate surface area is 142 Å². The van der Waals surface area contributed by atoms with Gasteiger partial charge >= 0.3 is 0 Å². The monoisotopic (exact) mass is 316 g/mol. The number of rotatable bonds is 6. The first-order valence-corrected chi connectivity index (χ1v) is 7.98. The van der Waals surface area contributed by atoms with Crippen LogP contribution < -0.4 is 0 Å². The zero-order chi connectivity index (χ0) is 16.9. The molecule has 3 rings (SSSR count). The molecule has 24 heavy (non-hydrogen) atoms. The lowest BCUT2D eigenvalue weighted by molar-refractivity contribution is 0.0937. The van der Waals surface area contributed by atoms with Gasteiger partial charge < -0.3 is 4.98 Å². The average Bonchev–Trinajstić information content (AvgIpc) is 3.01. The molecule has 0 spiro atoms. The standard InChI is InChI=1S/C21H20N2O/c1-3-12-23(14-17-10-8-16(2)9-11-17)15-21(24)19-13-22-20-7-5-4-6-18(19)20/h1,4-11,13,22H,12,14-15H2,2H3. The van der Waals surface area contributed by atoms with Crippen molar-refractivity contribution in [2.45, 2.75) is 13.5 Å². The van der Waals surface area contributed by atoms with Crippen LogP contribution in [0.15, 0.2) is 54.7 Å². The lowest BCUT2D eigenvalue weighted by atomic mass is 10.1. The van der Waals surface area contributed by atoms with Crippen LogP contribution in [-0.4, -0.2) is 28.8 Å². The number of benzene rings is 2. The van der Waals surface area contributed by atoms with Gasteiger partial charge in [-0.15, -0.1) is 6.42 Å². The first kappa shape index (κ1) is 16.0. The van der Waals surface area contributed by atoms with Gasteiger partial charge in [0.25, 0.3) is 0 Å². The first-order valence-electron chi connectivity index (χ1n) is 7.98. The molecular weight excluding hydrogens is 296 g/mol. The molecule has 3 heteroatoms. The summed E-state index contributed by atoms with van der Waals surface area (Å²) in [6, 6.07) is 16.1. The van der Waals surface area contributed by atoms with E-state index in [1.807, 2.05) is 29.2 Å². The zero-order valence-corrected chi connectivity index (χ0v) is 13.8. The van der Waals surface area contributed by atoms with Crippen molar-refractivity contribution in [2.75, 3.05) is 13.1 Å². The topological polar surface area (TPSA) is 36.1 Å². The highest BCUT2D eigenvalue weighted by Crippen LogP contribution is 2.19. The number of aromatic nitrogens is 1. The summed E-state index contributed by atoms with van der Waals surface area (Å²) in [5.74, 6) is 2.73. The van der Waals surface area contributed by atoms with Crippen molar-refractivity contribution in [2.24, 2.45) is 0 Å². The molecule has 2 aromatic carbocycles. The number of nitrogens with one attached hydrogen (secondary N) is 1. The average molecular weight is 316 g/mol. The van der Waals surface area contributed by atoms with E-state index >= 15 is 0 Å². The number of Topliss-reactive ketones (excluding diaryl/α,β-unsaturated/α-hetero) is 1. The molecule has 0 aliphatic rings. The molecule has 120 valence electrons. The third-order valence-corrected chi connectivity index (χ3v) is 4.10. The zero-order valence-electron chi connectivity index (χ0n) is 13.8. The van der Waals surface area contributed by atoms with Gasteiger partial charge in [-0.3, -0.25) is 9.69 Å². The molecule has 3 aromatic rings. The number of aromatic amines is 1. The van der Waals surface area contributed by atoms with Crippen LogP contribution in [-0.2, 0) is 6.54 Å². The second kappa shape index (κ2) is 7.16. The van der Waals surface area contributed by atoms with Crippen LogP contribution >= 0.6 is 0 Å². The minimum absolute atomic E-state index is 0.0785. The van der Waals surface area contributed by atoms with Crippen LogP contribution in [0.1, 0.15) is 21.5 Å². The summed E-state index contributed by atoms with van der Waals surface area (Å²) in [6.07, 6.45) is 7.27. The highest BCUT2D eigenvalue weighted by molar-refractivity contribution is 6.08. The number of H-pyrrole nitrogens is 1. The molecule has 0 radical (unpaired) electrons. The fourth-order valence-corrected chi connectivity index (χ4v) is 2.84. The number of hydrogen-bond donors (Lipinski definition) is 1. The van der Waals surface area contributed by atoms with Crippen molar-refractivity contribution < 1.29 is 4.79 Å². The molecular formula is C21H20N2O. The molecule has 1 aromatic heterocycles. The summed E-state index contributed by atoms with van der Waals surface area (Å²) in [7, 11) is 0. The van der Waals surface area contributed by atoms with E-state index in [0.717, 1.165) is 22.0 Å².